The van der Waals surface area contributed by atoms with Crippen LogP contribution in [0.5, 0.6) is 0 Å². The normalized spacial score (nSPS) is 48.0. The second kappa shape index (κ2) is 21.2. The van der Waals surface area contributed by atoms with Gasteiger partial charge >= 0.3 is 0 Å². The van der Waals surface area contributed by atoms with Crippen molar-refractivity contribution in [2.45, 2.75) is 249 Å². The molecule has 3 heteroatoms. The standard InChI is InChI=1S/C69H100N2O/c1-4-48-27-37-56(38-28-48)72-57-39-32-52(33-40-57)69(64-43-46(2)25-26-47(64)3)63-22-12-10-20-59(63)60-41-36-55(45-65(60)69)70(66-24-14-16-50-15-8-9-19-58(50)66)54-34-29-49(30-35-54)51-31-42-68-62(44-51)61-21-11-13-23-67(61)71(68)53-17-6-5-7-18-53/h4-6,12,22,29,31,34-36,41-42,46,48-53,55-63,65-68H,1,7-11,13-21,23-28,30,32-33,37-40,43-45H2,2-3H3. The van der Waals surface area contributed by atoms with Gasteiger partial charge in [-0.2, -0.15) is 0 Å². The van der Waals surface area contributed by atoms with E-state index in [1.807, 2.05) is 11.1 Å². The van der Waals surface area contributed by atoms with E-state index in [0.29, 0.717) is 59.9 Å². The molecule has 0 aromatic rings. The van der Waals surface area contributed by atoms with E-state index in [0.717, 1.165) is 59.4 Å². The van der Waals surface area contributed by atoms with E-state index in [2.05, 4.69) is 103 Å². The summed E-state index contributed by atoms with van der Waals surface area (Å²) < 4.78 is 7.11. The number of allylic oxidation sites excluding steroid dienone is 11. The summed E-state index contributed by atoms with van der Waals surface area (Å²) >= 11 is 0. The minimum absolute atomic E-state index is 0.278. The molecule has 12 aliphatic carbocycles. The van der Waals surface area contributed by atoms with Gasteiger partial charge in [0.15, 0.2) is 0 Å². The van der Waals surface area contributed by atoms with E-state index >= 15 is 0 Å². The molecule has 17 atom stereocenters. The van der Waals surface area contributed by atoms with Crippen molar-refractivity contribution >= 4 is 0 Å². The quantitative estimate of drug-likeness (QED) is 0.203. The summed E-state index contributed by atoms with van der Waals surface area (Å²) in [5.41, 5.74) is 5.70. The Hall–Kier alpha value is -2.36. The number of rotatable bonds is 10. The first kappa shape index (κ1) is 49.2. The highest BCUT2D eigenvalue weighted by Gasteiger charge is 2.65. The van der Waals surface area contributed by atoms with Gasteiger partial charge in [0, 0.05) is 41.3 Å². The van der Waals surface area contributed by atoms with E-state index < -0.39 is 0 Å². The van der Waals surface area contributed by atoms with Gasteiger partial charge in [0.2, 0.25) is 0 Å². The summed E-state index contributed by atoms with van der Waals surface area (Å²) in [7, 11) is 0. The average Bonchev–Trinajstić information content (AvgIpc) is 3.92. The molecule has 392 valence electrons. The van der Waals surface area contributed by atoms with Crippen LogP contribution < -0.4 is 0 Å². The second-order valence-electron chi connectivity index (χ2n) is 27.8. The first-order valence-electron chi connectivity index (χ1n) is 32.1. The van der Waals surface area contributed by atoms with E-state index in [1.165, 1.54) is 193 Å². The number of nitrogens with zero attached hydrogens (tertiary/aromatic N) is 2. The lowest BCUT2D eigenvalue weighted by atomic mass is 9.51. The number of likely N-dealkylation sites (tertiary alicyclic amines) is 1. The van der Waals surface area contributed by atoms with Crippen molar-refractivity contribution in [1.82, 2.24) is 9.80 Å². The van der Waals surface area contributed by atoms with Crippen molar-refractivity contribution in [2.75, 3.05) is 0 Å². The van der Waals surface area contributed by atoms with Crippen LogP contribution in [0.3, 0.4) is 0 Å². The summed E-state index contributed by atoms with van der Waals surface area (Å²) in [5, 5.41) is 0. The number of hydrogen-bond donors (Lipinski definition) is 0. The molecule has 7 fully saturated rings. The maximum absolute atomic E-state index is 7.11. The average molecular weight is 974 g/mol. The molecule has 6 saturated carbocycles. The molecule has 17 unspecified atom stereocenters. The van der Waals surface area contributed by atoms with Crippen LogP contribution in [0, 0.1) is 82.3 Å². The fourth-order valence-corrected chi connectivity index (χ4v) is 21.3. The van der Waals surface area contributed by atoms with E-state index in [1.54, 1.807) is 5.70 Å². The Labute approximate surface area is 440 Å². The Kier molecular flexibility index (Phi) is 14.5. The molecule has 1 heterocycles. The zero-order valence-corrected chi connectivity index (χ0v) is 45.7. The molecule has 1 saturated heterocycles. The summed E-state index contributed by atoms with van der Waals surface area (Å²) in [6.45, 7) is 9.38. The van der Waals surface area contributed by atoms with E-state index in [9.17, 15) is 0 Å². The summed E-state index contributed by atoms with van der Waals surface area (Å²) in [6.07, 6.45) is 74.4. The van der Waals surface area contributed by atoms with Gasteiger partial charge < -0.3 is 9.64 Å². The highest BCUT2D eigenvalue weighted by atomic mass is 16.5. The zero-order valence-electron chi connectivity index (χ0n) is 45.7. The minimum Gasteiger partial charge on any atom is -0.375 e. The van der Waals surface area contributed by atoms with Gasteiger partial charge in [-0.15, -0.1) is 6.58 Å². The summed E-state index contributed by atoms with van der Waals surface area (Å²) in [6, 6.07) is 3.47. The molecule has 0 radical (unpaired) electrons. The van der Waals surface area contributed by atoms with Gasteiger partial charge in [0.1, 0.15) is 0 Å². The monoisotopic (exact) mass is 973 g/mol. The summed E-state index contributed by atoms with van der Waals surface area (Å²) in [4.78, 5) is 6.31. The van der Waals surface area contributed by atoms with Crippen molar-refractivity contribution in [3.05, 3.63) is 96.3 Å². The van der Waals surface area contributed by atoms with Crippen LogP contribution in [0.1, 0.15) is 206 Å². The first-order valence-corrected chi connectivity index (χ1v) is 32.1. The van der Waals surface area contributed by atoms with Gasteiger partial charge in [-0.1, -0.05) is 130 Å². The first-order chi connectivity index (χ1) is 35.5. The van der Waals surface area contributed by atoms with Crippen molar-refractivity contribution in [2.24, 2.45) is 82.3 Å². The Morgan fingerprint density at radius 3 is 2.26 bits per heavy atom. The Morgan fingerprint density at radius 2 is 1.46 bits per heavy atom. The van der Waals surface area contributed by atoms with Gasteiger partial charge in [-0.05, 0) is 238 Å². The lowest BCUT2D eigenvalue weighted by molar-refractivity contribution is -0.0695. The molecular weight excluding hydrogens is 873 g/mol. The molecule has 0 N–H and O–H groups in total. The van der Waals surface area contributed by atoms with Gasteiger partial charge in [-0.3, -0.25) is 4.90 Å². The van der Waals surface area contributed by atoms with E-state index in [4.69, 9.17) is 4.74 Å². The number of fused-ring (bicyclic) bond motifs is 7. The van der Waals surface area contributed by atoms with Gasteiger partial charge in [0.25, 0.3) is 0 Å². The number of hydrogen-bond acceptors (Lipinski definition) is 3. The molecule has 3 nitrogen and oxygen atoms in total. The van der Waals surface area contributed by atoms with Crippen LogP contribution in [-0.4, -0.2) is 52.2 Å². The fourth-order valence-electron chi connectivity index (χ4n) is 21.3. The summed E-state index contributed by atoms with van der Waals surface area (Å²) in [5.74, 6) is 10.1. The van der Waals surface area contributed by atoms with Crippen LogP contribution in [0.2, 0.25) is 0 Å². The third-order valence-corrected chi connectivity index (χ3v) is 24.5. The third kappa shape index (κ3) is 8.91. The largest absolute Gasteiger partial charge is 0.375 e. The minimum atomic E-state index is 0.278. The molecule has 72 heavy (non-hydrogen) atoms. The van der Waals surface area contributed by atoms with Gasteiger partial charge in [-0.25, -0.2) is 0 Å². The zero-order chi connectivity index (χ0) is 48.3. The van der Waals surface area contributed by atoms with Crippen LogP contribution in [-0.2, 0) is 4.74 Å². The fraction of sp³-hybridized carbons (Fsp3) is 0.768. The Bertz CT molecular complexity index is 2140. The molecule has 13 aliphatic rings. The Balaban J connectivity index is 0.804. The Morgan fingerprint density at radius 1 is 0.667 bits per heavy atom. The number of ether oxygens (including phenoxy) is 1. The van der Waals surface area contributed by atoms with Crippen LogP contribution >= 0.6 is 0 Å². The maximum atomic E-state index is 7.11. The van der Waals surface area contributed by atoms with Gasteiger partial charge in [0.05, 0.1) is 12.2 Å². The van der Waals surface area contributed by atoms with Crippen LogP contribution in [0.15, 0.2) is 96.3 Å². The molecule has 0 aromatic carbocycles. The second-order valence-corrected chi connectivity index (χ2v) is 27.8. The highest BCUT2D eigenvalue weighted by Crippen LogP contribution is 2.71. The van der Waals surface area contributed by atoms with Crippen LogP contribution in [0.25, 0.3) is 0 Å². The van der Waals surface area contributed by atoms with Crippen molar-refractivity contribution < 1.29 is 4.74 Å². The topological polar surface area (TPSA) is 15.7 Å². The highest BCUT2D eigenvalue weighted by molar-refractivity contribution is 5.38. The van der Waals surface area contributed by atoms with E-state index in [-0.39, 0.29) is 5.41 Å². The molecule has 0 amide bonds. The molecule has 0 bridgehead atoms. The molecule has 0 aromatic heterocycles. The lowest BCUT2D eigenvalue weighted by Crippen LogP contribution is -2.53. The molecule has 1 aliphatic heterocycles. The van der Waals surface area contributed by atoms with Crippen LogP contribution in [0.4, 0.5) is 0 Å². The molecule has 0 spiro atoms. The predicted octanol–water partition coefficient (Wildman–Crippen LogP) is 17.3. The predicted molar refractivity (Wildman–Crippen MR) is 300 cm³/mol. The van der Waals surface area contributed by atoms with Crippen molar-refractivity contribution in [1.29, 1.82) is 0 Å². The maximum Gasteiger partial charge on any atom is 0.0579 e. The smallest absolute Gasteiger partial charge is 0.0579 e. The lowest BCUT2D eigenvalue weighted by Gasteiger charge is -2.56. The molecular formula is C69H100N2O. The van der Waals surface area contributed by atoms with Crippen molar-refractivity contribution in [3.63, 3.8) is 0 Å². The molecule has 13 rings (SSSR count). The van der Waals surface area contributed by atoms with Crippen molar-refractivity contribution in [3.8, 4) is 0 Å². The SMILES string of the molecule is C=CC1CCC(OC2CCC(C3(C4=C(C)CCC(C)C4)C4C=CCCC4C4C=CC(N(C5=CCC(C6C=CC7C(C6)C6CCCCC6N7C6CC=CCC6)C=C5)C5CCCC6CCCCC65)CC43)CC2)CC1. The third-order valence-electron chi connectivity index (χ3n) is 24.5.